The first-order chi connectivity index (χ1) is 8.88. The highest BCUT2D eigenvalue weighted by molar-refractivity contribution is 5.00. The molecule has 0 aliphatic carbocycles. The van der Waals surface area contributed by atoms with Crippen LogP contribution in [-0.4, -0.2) is 39.6 Å². The number of aromatic nitrogens is 2. The van der Waals surface area contributed by atoms with Crippen LogP contribution in [0.25, 0.3) is 0 Å². The normalized spacial score (nSPS) is 28.5. The zero-order chi connectivity index (χ0) is 12.4. The molecule has 18 heavy (non-hydrogen) atoms. The van der Waals surface area contributed by atoms with Crippen LogP contribution in [0.5, 0.6) is 0 Å². The van der Waals surface area contributed by atoms with E-state index in [9.17, 15) is 0 Å². The average molecular weight is 248 g/mol. The first-order valence-electron chi connectivity index (χ1n) is 7.35. The van der Waals surface area contributed by atoms with Crippen molar-refractivity contribution < 1.29 is 0 Å². The van der Waals surface area contributed by atoms with E-state index >= 15 is 0 Å². The quantitative estimate of drug-likeness (QED) is 0.879. The summed E-state index contributed by atoms with van der Waals surface area (Å²) in [5.41, 5.74) is 1.31. The first kappa shape index (κ1) is 12.2. The Morgan fingerprint density at radius 1 is 1.33 bits per heavy atom. The molecule has 100 valence electrons. The second kappa shape index (κ2) is 5.41. The summed E-state index contributed by atoms with van der Waals surface area (Å²) in [4.78, 5) is 6.91. The number of fused-ring (bicyclic) bond motifs is 1. The van der Waals surface area contributed by atoms with E-state index in [1.54, 1.807) is 0 Å². The molecule has 0 spiro atoms. The standard InChI is InChI=1S/C14H24N4/c1-2-17-11-15-9-12(17)10-16-13-6-8-18-7-4-3-5-14(13)18/h9,11,13-14,16H,2-8,10H2,1H3. The fourth-order valence-electron chi connectivity index (χ4n) is 3.50. The molecule has 4 heteroatoms. The van der Waals surface area contributed by atoms with Crippen LogP contribution in [-0.2, 0) is 13.1 Å². The van der Waals surface area contributed by atoms with Gasteiger partial charge in [0.15, 0.2) is 0 Å². The summed E-state index contributed by atoms with van der Waals surface area (Å²) in [6.45, 7) is 6.74. The number of hydrogen-bond acceptors (Lipinski definition) is 3. The lowest BCUT2D eigenvalue weighted by Gasteiger charge is -2.32. The molecular weight excluding hydrogens is 224 g/mol. The predicted molar refractivity (Wildman–Crippen MR) is 72.4 cm³/mol. The Balaban J connectivity index is 1.57. The Morgan fingerprint density at radius 2 is 2.28 bits per heavy atom. The first-order valence-corrected chi connectivity index (χ1v) is 7.35. The van der Waals surface area contributed by atoms with Gasteiger partial charge in [-0.2, -0.15) is 0 Å². The van der Waals surface area contributed by atoms with E-state index in [4.69, 9.17) is 0 Å². The molecule has 2 unspecified atom stereocenters. The summed E-state index contributed by atoms with van der Waals surface area (Å²) in [6, 6.07) is 1.47. The molecule has 0 bridgehead atoms. The van der Waals surface area contributed by atoms with Crippen LogP contribution in [0, 0.1) is 0 Å². The van der Waals surface area contributed by atoms with Gasteiger partial charge in [-0.15, -0.1) is 0 Å². The number of nitrogens with one attached hydrogen (secondary N) is 1. The van der Waals surface area contributed by atoms with E-state index in [1.807, 2.05) is 12.5 Å². The number of rotatable bonds is 4. The molecule has 0 saturated carbocycles. The van der Waals surface area contributed by atoms with Crippen molar-refractivity contribution in [1.29, 1.82) is 0 Å². The Bertz CT molecular complexity index is 387. The van der Waals surface area contributed by atoms with Crippen LogP contribution in [0.3, 0.4) is 0 Å². The SMILES string of the molecule is CCn1cncc1CNC1CCN2CCCCC12. The minimum Gasteiger partial charge on any atom is -0.334 e. The van der Waals surface area contributed by atoms with Gasteiger partial charge >= 0.3 is 0 Å². The fourth-order valence-corrected chi connectivity index (χ4v) is 3.50. The molecule has 1 aromatic heterocycles. The van der Waals surface area contributed by atoms with Gasteiger partial charge in [-0.05, 0) is 32.7 Å². The minimum atomic E-state index is 0.686. The van der Waals surface area contributed by atoms with Gasteiger partial charge in [0.05, 0.1) is 12.0 Å². The number of aryl methyl sites for hydroxylation is 1. The molecule has 1 aromatic rings. The molecular formula is C14H24N4. The van der Waals surface area contributed by atoms with Crippen LogP contribution in [0.15, 0.2) is 12.5 Å². The van der Waals surface area contributed by atoms with Gasteiger partial charge in [0.2, 0.25) is 0 Å². The van der Waals surface area contributed by atoms with Crippen molar-refractivity contribution in [2.75, 3.05) is 13.1 Å². The Labute approximate surface area is 109 Å². The van der Waals surface area contributed by atoms with E-state index in [1.165, 1.54) is 44.5 Å². The number of piperidine rings is 1. The molecule has 2 atom stereocenters. The van der Waals surface area contributed by atoms with Crippen molar-refractivity contribution in [3.05, 3.63) is 18.2 Å². The highest BCUT2D eigenvalue weighted by atomic mass is 15.2. The molecule has 3 rings (SSSR count). The molecule has 2 saturated heterocycles. The van der Waals surface area contributed by atoms with E-state index < -0.39 is 0 Å². The molecule has 2 fully saturated rings. The summed E-state index contributed by atoms with van der Waals surface area (Å²) in [5.74, 6) is 0. The summed E-state index contributed by atoms with van der Waals surface area (Å²) < 4.78 is 2.22. The van der Waals surface area contributed by atoms with Crippen LogP contribution >= 0.6 is 0 Å². The van der Waals surface area contributed by atoms with Gasteiger partial charge in [0.25, 0.3) is 0 Å². The summed E-state index contributed by atoms with van der Waals surface area (Å²) in [7, 11) is 0. The Kier molecular flexibility index (Phi) is 3.66. The second-order valence-corrected chi connectivity index (χ2v) is 5.55. The lowest BCUT2D eigenvalue weighted by Crippen LogP contribution is -2.44. The Morgan fingerprint density at radius 3 is 3.17 bits per heavy atom. The zero-order valence-electron chi connectivity index (χ0n) is 11.3. The van der Waals surface area contributed by atoms with E-state index in [-0.39, 0.29) is 0 Å². The van der Waals surface area contributed by atoms with Crippen LogP contribution in [0.4, 0.5) is 0 Å². The van der Waals surface area contributed by atoms with Crippen molar-refractivity contribution >= 4 is 0 Å². The molecule has 0 radical (unpaired) electrons. The molecule has 2 aliphatic rings. The van der Waals surface area contributed by atoms with Crippen molar-refractivity contribution in [2.45, 2.75) is 57.8 Å². The highest BCUT2D eigenvalue weighted by Crippen LogP contribution is 2.27. The van der Waals surface area contributed by atoms with E-state index in [2.05, 4.69) is 26.7 Å². The molecule has 2 aliphatic heterocycles. The minimum absolute atomic E-state index is 0.686. The summed E-state index contributed by atoms with van der Waals surface area (Å²) >= 11 is 0. The van der Waals surface area contributed by atoms with Gasteiger partial charge in [-0.3, -0.25) is 4.90 Å². The second-order valence-electron chi connectivity index (χ2n) is 5.55. The molecule has 4 nitrogen and oxygen atoms in total. The number of nitrogens with zero attached hydrogens (tertiary/aromatic N) is 3. The monoisotopic (exact) mass is 248 g/mol. The van der Waals surface area contributed by atoms with Crippen molar-refractivity contribution in [2.24, 2.45) is 0 Å². The van der Waals surface area contributed by atoms with Gasteiger partial charge in [-0.1, -0.05) is 6.42 Å². The molecule has 0 aromatic carbocycles. The Hall–Kier alpha value is -0.870. The van der Waals surface area contributed by atoms with Crippen LogP contribution < -0.4 is 5.32 Å². The molecule has 3 heterocycles. The van der Waals surface area contributed by atoms with Gasteiger partial charge in [0, 0.05) is 37.9 Å². The number of imidazole rings is 1. The van der Waals surface area contributed by atoms with Crippen molar-refractivity contribution in [1.82, 2.24) is 19.8 Å². The number of hydrogen-bond donors (Lipinski definition) is 1. The maximum atomic E-state index is 4.23. The molecule has 1 N–H and O–H groups in total. The topological polar surface area (TPSA) is 33.1 Å². The lowest BCUT2D eigenvalue weighted by molar-refractivity contribution is 0.180. The fraction of sp³-hybridized carbons (Fsp3) is 0.786. The van der Waals surface area contributed by atoms with Crippen molar-refractivity contribution in [3.8, 4) is 0 Å². The smallest absolute Gasteiger partial charge is 0.0948 e. The summed E-state index contributed by atoms with van der Waals surface area (Å²) in [6.07, 6.45) is 9.41. The lowest BCUT2D eigenvalue weighted by atomic mass is 9.99. The van der Waals surface area contributed by atoms with Crippen LogP contribution in [0.2, 0.25) is 0 Å². The van der Waals surface area contributed by atoms with E-state index in [0.717, 1.165) is 19.1 Å². The maximum absolute atomic E-state index is 4.23. The van der Waals surface area contributed by atoms with Gasteiger partial charge in [-0.25, -0.2) is 4.98 Å². The molecule has 0 amide bonds. The van der Waals surface area contributed by atoms with Gasteiger partial charge in [0.1, 0.15) is 0 Å². The van der Waals surface area contributed by atoms with Gasteiger partial charge < -0.3 is 9.88 Å². The van der Waals surface area contributed by atoms with E-state index in [0.29, 0.717) is 6.04 Å². The van der Waals surface area contributed by atoms with Crippen LogP contribution in [0.1, 0.15) is 38.3 Å². The highest BCUT2D eigenvalue weighted by Gasteiger charge is 2.34. The zero-order valence-corrected chi connectivity index (χ0v) is 11.3. The average Bonchev–Trinajstić information content (AvgIpc) is 3.02. The predicted octanol–water partition coefficient (Wildman–Crippen LogP) is 1.62. The third kappa shape index (κ3) is 2.31. The largest absolute Gasteiger partial charge is 0.334 e. The third-order valence-electron chi connectivity index (χ3n) is 4.54. The third-order valence-corrected chi connectivity index (χ3v) is 4.54. The summed E-state index contributed by atoms with van der Waals surface area (Å²) in [5, 5.41) is 3.76. The maximum Gasteiger partial charge on any atom is 0.0948 e. The van der Waals surface area contributed by atoms with Crippen molar-refractivity contribution in [3.63, 3.8) is 0 Å².